The number of hydrogen-bond donors (Lipinski definition) is 2. The molecule has 2 N–H and O–H groups in total. The van der Waals surface area contributed by atoms with E-state index >= 15 is 0 Å². The third-order valence-corrected chi connectivity index (χ3v) is 3.07. The lowest BCUT2D eigenvalue weighted by atomic mass is 10.2. The van der Waals surface area contributed by atoms with Crippen LogP contribution >= 0.6 is 0 Å². The molecule has 0 bridgehead atoms. The van der Waals surface area contributed by atoms with Crippen LogP contribution in [0.25, 0.3) is 0 Å². The van der Waals surface area contributed by atoms with Gasteiger partial charge in [-0.2, -0.15) is 0 Å². The second-order valence-corrected chi connectivity index (χ2v) is 4.48. The minimum absolute atomic E-state index is 0.0798. The lowest BCUT2D eigenvalue weighted by molar-refractivity contribution is -0.154. The van der Waals surface area contributed by atoms with Gasteiger partial charge in [0.25, 0.3) is 0 Å². The van der Waals surface area contributed by atoms with Crippen molar-refractivity contribution in [3.05, 3.63) is 30.1 Å². The molecule has 108 valence electrons. The Labute approximate surface area is 116 Å². The molecule has 1 aromatic rings. The number of pyridine rings is 1. The van der Waals surface area contributed by atoms with Crippen LogP contribution in [0, 0.1) is 0 Å². The van der Waals surface area contributed by atoms with Crippen molar-refractivity contribution >= 4 is 12.0 Å². The highest BCUT2D eigenvalue weighted by Gasteiger charge is 2.28. The molecular weight excluding hydrogens is 262 g/mol. The number of carboxylic acid groups (broad SMARTS) is 1. The molecule has 1 fully saturated rings. The number of nitrogens with zero attached hydrogens (tertiary/aromatic N) is 2. The molecule has 1 aromatic heterocycles. The van der Waals surface area contributed by atoms with Crippen molar-refractivity contribution in [3.63, 3.8) is 0 Å². The summed E-state index contributed by atoms with van der Waals surface area (Å²) < 4.78 is 5.07. The van der Waals surface area contributed by atoms with Gasteiger partial charge in [-0.05, 0) is 24.1 Å². The minimum Gasteiger partial charge on any atom is -0.479 e. The fourth-order valence-electron chi connectivity index (χ4n) is 1.96. The van der Waals surface area contributed by atoms with Crippen molar-refractivity contribution in [2.75, 3.05) is 26.2 Å². The second-order valence-electron chi connectivity index (χ2n) is 4.48. The molecule has 0 aromatic carbocycles. The van der Waals surface area contributed by atoms with E-state index in [0.717, 1.165) is 5.56 Å². The maximum Gasteiger partial charge on any atom is 0.334 e. The van der Waals surface area contributed by atoms with Gasteiger partial charge < -0.3 is 20.1 Å². The first-order valence-electron chi connectivity index (χ1n) is 6.43. The molecule has 7 heteroatoms. The van der Waals surface area contributed by atoms with E-state index in [1.807, 2.05) is 12.1 Å². The summed E-state index contributed by atoms with van der Waals surface area (Å²) in [6.45, 7) is 1.23. The number of ether oxygens (including phenoxy) is 1. The van der Waals surface area contributed by atoms with Crippen LogP contribution in [0.4, 0.5) is 4.79 Å². The molecule has 1 aliphatic rings. The number of morpholine rings is 1. The summed E-state index contributed by atoms with van der Waals surface area (Å²) in [5.41, 5.74) is 1.09. The van der Waals surface area contributed by atoms with Crippen molar-refractivity contribution < 1.29 is 19.4 Å². The van der Waals surface area contributed by atoms with Crippen LogP contribution in [0.2, 0.25) is 0 Å². The van der Waals surface area contributed by atoms with Gasteiger partial charge in [-0.15, -0.1) is 0 Å². The van der Waals surface area contributed by atoms with Crippen molar-refractivity contribution in [1.82, 2.24) is 15.2 Å². The van der Waals surface area contributed by atoms with E-state index in [9.17, 15) is 9.59 Å². The molecule has 0 spiro atoms. The van der Waals surface area contributed by atoms with Gasteiger partial charge in [0.2, 0.25) is 0 Å². The first-order chi connectivity index (χ1) is 9.66. The zero-order valence-electron chi connectivity index (χ0n) is 11.0. The topological polar surface area (TPSA) is 91.8 Å². The van der Waals surface area contributed by atoms with E-state index in [-0.39, 0.29) is 19.2 Å². The molecule has 20 heavy (non-hydrogen) atoms. The van der Waals surface area contributed by atoms with Gasteiger partial charge in [0.15, 0.2) is 6.10 Å². The number of amides is 2. The number of aliphatic carboxylic acids is 1. The molecule has 0 saturated carbocycles. The Morgan fingerprint density at radius 3 is 2.90 bits per heavy atom. The molecule has 1 saturated heterocycles. The molecule has 0 radical (unpaired) electrons. The van der Waals surface area contributed by atoms with Crippen LogP contribution in [0.5, 0.6) is 0 Å². The molecule has 0 aliphatic carbocycles. The predicted octanol–water partition coefficient (Wildman–Crippen LogP) is 0.119. The van der Waals surface area contributed by atoms with Crippen molar-refractivity contribution in [3.8, 4) is 0 Å². The maximum absolute atomic E-state index is 11.9. The van der Waals surface area contributed by atoms with Gasteiger partial charge in [-0.1, -0.05) is 0 Å². The first-order valence-corrected chi connectivity index (χ1v) is 6.43. The molecular formula is C13H17N3O4. The zero-order valence-corrected chi connectivity index (χ0v) is 11.0. The number of hydrogen-bond acceptors (Lipinski definition) is 4. The summed E-state index contributed by atoms with van der Waals surface area (Å²) in [6, 6.07) is 3.52. The number of carbonyl (C=O) groups is 2. The van der Waals surface area contributed by atoms with Crippen molar-refractivity contribution in [1.29, 1.82) is 0 Å². The number of urea groups is 1. The highest BCUT2D eigenvalue weighted by Crippen LogP contribution is 2.05. The van der Waals surface area contributed by atoms with Gasteiger partial charge in [0.05, 0.1) is 13.2 Å². The Morgan fingerprint density at radius 2 is 2.20 bits per heavy atom. The summed E-state index contributed by atoms with van der Waals surface area (Å²) in [4.78, 5) is 28.1. The van der Waals surface area contributed by atoms with Gasteiger partial charge in [-0.3, -0.25) is 4.98 Å². The molecule has 1 atom stereocenters. The van der Waals surface area contributed by atoms with Crippen LogP contribution in [0.1, 0.15) is 5.56 Å². The normalized spacial score (nSPS) is 18.6. The van der Waals surface area contributed by atoms with Gasteiger partial charge in [0.1, 0.15) is 0 Å². The predicted molar refractivity (Wildman–Crippen MR) is 70.3 cm³/mol. The smallest absolute Gasteiger partial charge is 0.334 e. The Balaban J connectivity index is 1.75. The second kappa shape index (κ2) is 6.85. The van der Waals surface area contributed by atoms with E-state index in [2.05, 4.69) is 10.3 Å². The molecule has 1 aliphatic heterocycles. The fourth-order valence-corrected chi connectivity index (χ4v) is 1.96. The number of carbonyl (C=O) groups excluding carboxylic acids is 1. The summed E-state index contributed by atoms with van der Waals surface area (Å²) >= 11 is 0. The third-order valence-electron chi connectivity index (χ3n) is 3.07. The number of rotatable bonds is 4. The first kappa shape index (κ1) is 14.3. The van der Waals surface area contributed by atoms with Crippen molar-refractivity contribution in [2.24, 2.45) is 0 Å². The molecule has 2 amide bonds. The summed E-state index contributed by atoms with van der Waals surface area (Å²) in [7, 11) is 0. The zero-order chi connectivity index (χ0) is 14.4. The van der Waals surface area contributed by atoms with Crippen LogP contribution in [-0.4, -0.2) is 59.3 Å². The van der Waals surface area contributed by atoms with E-state index in [0.29, 0.717) is 19.5 Å². The number of carboxylic acids is 1. The number of nitrogens with one attached hydrogen (secondary N) is 1. The number of aromatic nitrogens is 1. The van der Waals surface area contributed by atoms with Crippen LogP contribution in [-0.2, 0) is 16.0 Å². The van der Waals surface area contributed by atoms with Crippen LogP contribution in [0.15, 0.2) is 24.5 Å². The highest BCUT2D eigenvalue weighted by atomic mass is 16.5. The minimum atomic E-state index is -1.04. The third kappa shape index (κ3) is 3.92. The quantitative estimate of drug-likeness (QED) is 0.816. The monoisotopic (exact) mass is 279 g/mol. The average molecular weight is 279 g/mol. The molecule has 2 heterocycles. The molecule has 7 nitrogen and oxygen atoms in total. The highest BCUT2D eigenvalue weighted by molar-refractivity contribution is 5.77. The lowest BCUT2D eigenvalue weighted by Crippen LogP contribution is -2.52. The Bertz CT molecular complexity index is 466. The molecule has 2 rings (SSSR count). The molecule has 1 unspecified atom stereocenters. The summed E-state index contributed by atoms with van der Waals surface area (Å²) in [5.74, 6) is -1.04. The summed E-state index contributed by atoms with van der Waals surface area (Å²) in [5, 5.41) is 11.7. The van der Waals surface area contributed by atoms with E-state index in [1.165, 1.54) is 4.90 Å². The van der Waals surface area contributed by atoms with Gasteiger partial charge >= 0.3 is 12.0 Å². The Kier molecular flexibility index (Phi) is 4.89. The lowest BCUT2D eigenvalue weighted by Gasteiger charge is -2.30. The van der Waals surface area contributed by atoms with Crippen LogP contribution < -0.4 is 5.32 Å². The summed E-state index contributed by atoms with van der Waals surface area (Å²) in [6.07, 6.45) is 3.18. The van der Waals surface area contributed by atoms with Gasteiger partial charge in [0, 0.05) is 25.5 Å². The fraction of sp³-hybridized carbons (Fsp3) is 0.462. The van der Waals surface area contributed by atoms with E-state index in [4.69, 9.17) is 9.84 Å². The average Bonchev–Trinajstić information content (AvgIpc) is 2.48. The SMILES string of the molecule is O=C(O)C1CN(C(=O)NCCc2ccncc2)CCO1. The van der Waals surface area contributed by atoms with E-state index < -0.39 is 12.1 Å². The maximum atomic E-state index is 11.9. The Hall–Kier alpha value is -2.15. The standard InChI is InChI=1S/C13H17N3O4/c17-12(18)11-9-16(7-8-20-11)13(19)15-6-3-10-1-4-14-5-2-10/h1-2,4-5,11H,3,6-9H2,(H,15,19)(H,17,18). The van der Waals surface area contributed by atoms with Crippen LogP contribution in [0.3, 0.4) is 0 Å². The van der Waals surface area contributed by atoms with Crippen molar-refractivity contribution in [2.45, 2.75) is 12.5 Å². The largest absolute Gasteiger partial charge is 0.479 e. The Morgan fingerprint density at radius 1 is 1.45 bits per heavy atom. The van der Waals surface area contributed by atoms with Gasteiger partial charge in [-0.25, -0.2) is 9.59 Å². The van der Waals surface area contributed by atoms with E-state index in [1.54, 1.807) is 12.4 Å².